The molecule has 0 saturated heterocycles. The summed E-state index contributed by atoms with van der Waals surface area (Å²) in [4.78, 5) is 39.1. The Hall–Kier alpha value is -3.06. The SMILES string of the molecule is C[C@H]1CC(=O)Nc2ccccc2N1C(=O)COC(=O)/C=C/Sc1ccccc1. The topological polar surface area (TPSA) is 75.7 Å². The molecular weight excluding hydrogens is 376 g/mol. The molecule has 1 heterocycles. The highest BCUT2D eigenvalue weighted by Gasteiger charge is 2.29. The van der Waals surface area contributed by atoms with Gasteiger partial charge >= 0.3 is 5.97 Å². The molecule has 1 N–H and O–H groups in total. The van der Waals surface area contributed by atoms with Crippen molar-refractivity contribution in [3.8, 4) is 0 Å². The molecule has 1 atom stereocenters. The van der Waals surface area contributed by atoms with Gasteiger partial charge in [0.15, 0.2) is 6.61 Å². The van der Waals surface area contributed by atoms with E-state index in [0.29, 0.717) is 11.4 Å². The summed E-state index contributed by atoms with van der Waals surface area (Å²) in [5.41, 5.74) is 1.16. The van der Waals surface area contributed by atoms with E-state index in [2.05, 4.69) is 5.32 Å². The number of carbonyl (C=O) groups excluding carboxylic acids is 3. The first-order valence-corrected chi connectivity index (χ1v) is 9.68. The molecule has 0 bridgehead atoms. The standard InChI is InChI=1S/C21H20N2O4S/c1-15-13-19(24)22-17-9-5-6-10-18(17)23(15)20(25)14-27-21(26)11-12-28-16-7-3-2-4-8-16/h2-12,15H,13-14H2,1H3,(H,22,24)/b12-11+/t15-/m0/s1. The summed E-state index contributed by atoms with van der Waals surface area (Å²) in [5, 5.41) is 4.41. The van der Waals surface area contributed by atoms with Crippen molar-refractivity contribution in [2.45, 2.75) is 24.3 Å². The van der Waals surface area contributed by atoms with Crippen LogP contribution in [0.15, 0.2) is 71.0 Å². The zero-order chi connectivity index (χ0) is 19.9. The molecule has 0 unspecified atom stereocenters. The Bertz CT molecular complexity index is 898. The predicted octanol–water partition coefficient (Wildman–Crippen LogP) is 3.60. The summed E-state index contributed by atoms with van der Waals surface area (Å²) in [6.07, 6.45) is 1.46. The second kappa shape index (κ2) is 9.23. The Balaban J connectivity index is 1.61. The van der Waals surface area contributed by atoms with Crippen molar-refractivity contribution in [1.82, 2.24) is 0 Å². The molecule has 1 aliphatic heterocycles. The number of nitrogens with one attached hydrogen (secondary N) is 1. The zero-order valence-corrected chi connectivity index (χ0v) is 16.1. The molecular formula is C21H20N2O4S. The molecule has 7 heteroatoms. The van der Waals surface area contributed by atoms with Gasteiger partial charge in [0.05, 0.1) is 11.4 Å². The summed E-state index contributed by atoms with van der Waals surface area (Å²) >= 11 is 1.38. The highest BCUT2D eigenvalue weighted by atomic mass is 32.2. The van der Waals surface area contributed by atoms with Gasteiger partial charge in [0.1, 0.15) is 0 Å². The molecule has 6 nitrogen and oxygen atoms in total. The van der Waals surface area contributed by atoms with Crippen LogP contribution in [0.4, 0.5) is 11.4 Å². The fraction of sp³-hybridized carbons (Fsp3) is 0.190. The number of esters is 1. The van der Waals surface area contributed by atoms with Gasteiger partial charge in [-0.2, -0.15) is 0 Å². The quantitative estimate of drug-likeness (QED) is 0.475. The van der Waals surface area contributed by atoms with Gasteiger partial charge in [-0.3, -0.25) is 9.59 Å². The van der Waals surface area contributed by atoms with Gasteiger partial charge in [-0.05, 0) is 36.6 Å². The van der Waals surface area contributed by atoms with E-state index in [1.54, 1.807) is 36.6 Å². The lowest BCUT2D eigenvalue weighted by Crippen LogP contribution is -2.41. The Labute approximate surface area is 167 Å². The number of hydrogen-bond acceptors (Lipinski definition) is 5. The van der Waals surface area contributed by atoms with Crippen molar-refractivity contribution in [3.63, 3.8) is 0 Å². The molecule has 2 amide bonds. The number of carbonyl (C=O) groups is 3. The number of para-hydroxylation sites is 2. The van der Waals surface area contributed by atoms with Crippen LogP contribution < -0.4 is 10.2 Å². The Kier molecular flexibility index (Phi) is 6.49. The molecule has 0 fully saturated rings. The van der Waals surface area contributed by atoms with E-state index in [1.807, 2.05) is 30.3 Å². The van der Waals surface area contributed by atoms with E-state index in [9.17, 15) is 14.4 Å². The smallest absolute Gasteiger partial charge is 0.331 e. The van der Waals surface area contributed by atoms with Gasteiger partial charge in [0.25, 0.3) is 5.91 Å². The summed E-state index contributed by atoms with van der Waals surface area (Å²) in [7, 11) is 0. The van der Waals surface area contributed by atoms with E-state index < -0.39 is 12.6 Å². The monoisotopic (exact) mass is 396 g/mol. The molecule has 2 aromatic rings. The first-order valence-electron chi connectivity index (χ1n) is 8.80. The van der Waals surface area contributed by atoms with Crippen molar-refractivity contribution < 1.29 is 19.1 Å². The van der Waals surface area contributed by atoms with Crippen LogP contribution >= 0.6 is 11.8 Å². The minimum atomic E-state index is -0.596. The third kappa shape index (κ3) is 5.01. The average Bonchev–Trinajstić information content (AvgIpc) is 2.81. The van der Waals surface area contributed by atoms with Crippen molar-refractivity contribution in [2.75, 3.05) is 16.8 Å². The number of thioether (sulfide) groups is 1. The summed E-state index contributed by atoms with van der Waals surface area (Å²) in [6, 6.07) is 16.3. The highest BCUT2D eigenvalue weighted by molar-refractivity contribution is 8.02. The minimum Gasteiger partial charge on any atom is -0.452 e. The fourth-order valence-corrected chi connectivity index (χ4v) is 3.54. The molecule has 144 valence electrons. The number of rotatable bonds is 5. The first kappa shape index (κ1) is 19.7. The summed E-state index contributed by atoms with van der Waals surface area (Å²) < 4.78 is 5.09. The molecule has 0 radical (unpaired) electrons. The van der Waals surface area contributed by atoms with Gasteiger partial charge in [-0.1, -0.05) is 42.1 Å². The third-order valence-electron chi connectivity index (χ3n) is 4.12. The Morgan fingerprint density at radius 3 is 2.68 bits per heavy atom. The van der Waals surface area contributed by atoms with E-state index >= 15 is 0 Å². The van der Waals surface area contributed by atoms with Crippen LogP contribution in [0.25, 0.3) is 0 Å². The number of nitrogens with zero attached hydrogens (tertiary/aromatic N) is 1. The maximum atomic E-state index is 12.7. The molecule has 2 aromatic carbocycles. The summed E-state index contributed by atoms with van der Waals surface area (Å²) in [5.74, 6) is -1.14. The van der Waals surface area contributed by atoms with Crippen LogP contribution in [0.1, 0.15) is 13.3 Å². The molecule has 0 saturated carbocycles. The van der Waals surface area contributed by atoms with Gasteiger partial charge in [-0.25, -0.2) is 4.79 Å². The Morgan fingerprint density at radius 1 is 1.18 bits per heavy atom. The van der Waals surface area contributed by atoms with Crippen molar-refractivity contribution in [1.29, 1.82) is 0 Å². The van der Waals surface area contributed by atoms with Crippen LogP contribution in [0, 0.1) is 0 Å². The second-order valence-electron chi connectivity index (χ2n) is 6.22. The maximum Gasteiger partial charge on any atom is 0.331 e. The average molecular weight is 396 g/mol. The van der Waals surface area contributed by atoms with Gasteiger partial charge in [0.2, 0.25) is 5.91 Å². The molecule has 0 spiro atoms. The van der Waals surface area contributed by atoms with E-state index in [4.69, 9.17) is 4.74 Å². The summed E-state index contributed by atoms with van der Waals surface area (Å²) in [6.45, 7) is 1.39. The van der Waals surface area contributed by atoms with E-state index in [0.717, 1.165) is 4.90 Å². The first-order chi connectivity index (χ1) is 13.5. The number of fused-ring (bicyclic) bond motifs is 1. The number of anilines is 2. The highest BCUT2D eigenvalue weighted by Crippen LogP contribution is 2.31. The normalized spacial score (nSPS) is 16.2. The number of amides is 2. The van der Waals surface area contributed by atoms with Crippen molar-refractivity contribution in [2.24, 2.45) is 0 Å². The molecule has 3 rings (SSSR count). The second-order valence-corrected chi connectivity index (χ2v) is 7.20. The lowest BCUT2D eigenvalue weighted by Gasteiger charge is -2.27. The number of benzene rings is 2. The fourth-order valence-electron chi connectivity index (χ4n) is 2.89. The zero-order valence-electron chi connectivity index (χ0n) is 15.3. The van der Waals surface area contributed by atoms with Crippen LogP contribution in [0.2, 0.25) is 0 Å². The van der Waals surface area contributed by atoms with E-state index in [1.165, 1.54) is 22.7 Å². The third-order valence-corrected chi connectivity index (χ3v) is 4.93. The lowest BCUT2D eigenvalue weighted by atomic mass is 10.1. The van der Waals surface area contributed by atoms with Crippen molar-refractivity contribution in [3.05, 3.63) is 66.1 Å². The van der Waals surface area contributed by atoms with Crippen LogP contribution in [-0.4, -0.2) is 30.4 Å². The molecule has 1 aliphatic rings. The van der Waals surface area contributed by atoms with E-state index in [-0.39, 0.29) is 24.3 Å². The largest absolute Gasteiger partial charge is 0.452 e. The number of hydrogen-bond donors (Lipinski definition) is 1. The lowest BCUT2D eigenvalue weighted by molar-refractivity contribution is -0.143. The van der Waals surface area contributed by atoms with Gasteiger partial charge in [-0.15, -0.1) is 0 Å². The Morgan fingerprint density at radius 2 is 1.89 bits per heavy atom. The molecule has 0 aromatic heterocycles. The predicted molar refractivity (Wildman–Crippen MR) is 109 cm³/mol. The van der Waals surface area contributed by atoms with Crippen LogP contribution in [0.3, 0.4) is 0 Å². The van der Waals surface area contributed by atoms with Gasteiger partial charge in [0, 0.05) is 23.4 Å². The van der Waals surface area contributed by atoms with Crippen LogP contribution in [-0.2, 0) is 19.1 Å². The van der Waals surface area contributed by atoms with Crippen molar-refractivity contribution >= 4 is 40.9 Å². The molecule has 0 aliphatic carbocycles. The maximum absolute atomic E-state index is 12.7. The van der Waals surface area contributed by atoms with Crippen LogP contribution in [0.5, 0.6) is 0 Å². The minimum absolute atomic E-state index is 0.159. The van der Waals surface area contributed by atoms with Gasteiger partial charge < -0.3 is 15.0 Å². The number of ether oxygens (including phenoxy) is 1. The molecule has 28 heavy (non-hydrogen) atoms.